The molecule has 5 heteroatoms. The summed E-state index contributed by atoms with van der Waals surface area (Å²) in [5.41, 5.74) is 7.85. The average molecular weight is 219 g/mol. The quantitative estimate of drug-likeness (QED) is 0.810. The van der Waals surface area contributed by atoms with Gasteiger partial charge in [-0.25, -0.2) is 4.52 Å². The van der Waals surface area contributed by atoms with Gasteiger partial charge in [0.25, 0.3) is 0 Å². The van der Waals surface area contributed by atoms with Crippen molar-refractivity contribution in [1.82, 2.24) is 14.6 Å². The number of fused-ring (bicyclic) bond motifs is 1. The van der Waals surface area contributed by atoms with Crippen molar-refractivity contribution >= 4 is 11.6 Å². The maximum atomic E-state index is 5.81. The molecule has 0 aliphatic rings. The highest BCUT2D eigenvalue weighted by Gasteiger charge is 2.04. The number of rotatable bonds is 4. The predicted octanol–water partition coefficient (Wildman–Crippen LogP) is 1.19. The molecule has 0 amide bonds. The minimum Gasteiger partial charge on any atom is -0.351 e. The number of nitrogens with two attached hydrogens (primary N) is 1. The van der Waals surface area contributed by atoms with E-state index in [0.717, 1.165) is 12.1 Å². The zero-order valence-corrected chi connectivity index (χ0v) is 9.64. The third-order valence-electron chi connectivity index (χ3n) is 2.54. The van der Waals surface area contributed by atoms with E-state index in [9.17, 15) is 0 Å². The van der Waals surface area contributed by atoms with Gasteiger partial charge in [0.1, 0.15) is 0 Å². The normalized spacial score (nSPS) is 12.9. The predicted molar refractivity (Wildman–Crippen MR) is 64.5 cm³/mol. The van der Waals surface area contributed by atoms with Gasteiger partial charge in [-0.05, 0) is 31.0 Å². The molecule has 0 spiro atoms. The first kappa shape index (κ1) is 10.9. The topological polar surface area (TPSA) is 68.2 Å². The van der Waals surface area contributed by atoms with Crippen LogP contribution in [0.3, 0.4) is 0 Å². The lowest BCUT2D eigenvalue weighted by atomic mass is 10.2. The van der Waals surface area contributed by atoms with E-state index in [1.54, 1.807) is 4.52 Å². The van der Waals surface area contributed by atoms with Crippen LogP contribution in [0.1, 0.15) is 18.9 Å². The molecule has 0 saturated carbocycles. The maximum absolute atomic E-state index is 5.81. The second-order valence-corrected chi connectivity index (χ2v) is 3.99. The molecule has 2 aromatic heterocycles. The molecule has 2 aromatic rings. The highest BCUT2D eigenvalue weighted by Crippen LogP contribution is 2.07. The Labute approximate surface area is 94.7 Å². The first-order valence-corrected chi connectivity index (χ1v) is 5.51. The van der Waals surface area contributed by atoms with Crippen molar-refractivity contribution in [2.24, 2.45) is 5.73 Å². The summed E-state index contributed by atoms with van der Waals surface area (Å²) in [6, 6.07) is 4.15. The molecule has 0 fully saturated rings. The van der Waals surface area contributed by atoms with Crippen LogP contribution in [0.2, 0.25) is 0 Å². The Morgan fingerprint density at radius 1 is 1.56 bits per heavy atom. The van der Waals surface area contributed by atoms with Gasteiger partial charge in [0.15, 0.2) is 5.65 Å². The number of nitrogens with one attached hydrogen (secondary N) is 1. The molecule has 0 aromatic carbocycles. The second-order valence-electron chi connectivity index (χ2n) is 3.99. The number of nitrogens with zero attached hydrogens (tertiary/aromatic N) is 3. The Kier molecular flexibility index (Phi) is 3.05. The van der Waals surface area contributed by atoms with Crippen LogP contribution in [0.15, 0.2) is 18.3 Å². The number of hydrogen-bond donors (Lipinski definition) is 2. The van der Waals surface area contributed by atoms with Gasteiger partial charge in [0.05, 0.1) is 0 Å². The number of anilines is 1. The van der Waals surface area contributed by atoms with Crippen molar-refractivity contribution < 1.29 is 0 Å². The minimum atomic E-state index is 0.147. The van der Waals surface area contributed by atoms with Gasteiger partial charge in [0.2, 0.25) is 5.95 Å². The van der Waals surface area contributed by atoms with E-state index in [0.29, 0.717) is 12.5 Å². The van der Waals surface area contributed by atoms with Gasteiger partial charge < -0.3 is 11.1 Å². The van der Waals surface area contributed by atoms with Crippen LogP contribution in [0.5, 0.6) is 0 Å². The van der Waals surface area contributed by atoms with Crippen molar-refractivity contribution in [1.29, 1.82) is 0 Å². The first-order chi connectivity index (χ1) is 7.69. The molecule has 0 aliphatic carbocycles. The van der Waals surface area contributed by atoms with Crippen molar-refractivity contribution in [3.8, 4) is 0 Å². The largest absolute Gasteiger partial charge is 0.351 e. The SMILES string of the molecule is CCC(N)CNc1nc2cc(C)ccn2n1. The van der Waals surface area contributed by atoms with Gasteiger partial charge in [-0.15, -0.1) is 5.10 Å². The lowest BCUT2D eigenvalue weighted by Crippen LogP contribution is -2.28. The third kappa shape index (κ3) is 2.30. The molecule has 0 radical (unpaired) electrons. The number of aryl methyl sites for hydroxylation is 1. The molecular formula is C11H17N5. The van der Waals surface area contributed by atoms with E-state index in [1.165, 1.54) is 5.56 Å². The van der Waals surface area contributed by atoms with E-state index in [-0.39, 0.29) is 6.04 Å². The molecule has 1 atom stereocenters. The van der Waals surface area contributed by atoms with Crippen LogP contribution < -0.4 is 11.1 Å². The molecule has 0 bridgehead atoms. The molecule has 16 heavy (non-hydrogen) atoms. The Balaban J connectivity index is 2.13. The summed E-state index contributed by atoms with van der Waals surface area (Å²) in [7, 11) is 0. The summed E-state index contributed by atoms with van der Waals surface area (Å²) in [5.74, 6) is 0.634. The first-order valence-electron chi connectivity index (χ1n) is 5.51. The summed E-state index contributed by atoms with van der Waals surface area (Å²) in [6.07, 6.45) is 2.85. The number of aromatic nitrogens is 3. The maximum Gasteiger partial charge on any atom is 0.243 e. The summed E-state index contributed by atoms with van der Waals surface area (Å²) < 4.78 is 1.76. The van der Waals surface area contributed by atoms with Crippen molar-refractivity contribution in [3.63, 3.8) is 0 Å². The minimum absolute atomic E-state index is 0.147. The zero-order chi connectivity index (χ0) is 11.5. The Morgan fingerprint density at radius 3 is 3.12 bits per heavy atom. The molecule has 0 saturated heterocycles. The van der Waals surface area contributed by atoms with Gasteiger partial charge in [0, 0.05) is 18.8 Å². The summed E-state index contributed by atoms with van der Waals surface area (Å²) in [5, 5.41) is 7.44. The van der Waals surface area contributed by atoms with E-state index < -0.39 is 0 Å². The van der Waals surface area contributed by atoms with Crippen molar-refractivity contribution in [2.45, 2.75) is 26.3 Å². The highest BCUT2D eigenvalue weighted by atomic mass is 15.3. The fraction of sp³-hybridized carbons (Fsp3) is 0.455. The van der Waals surface area contributed by atoms with Crippen molar-refractivity contribution in [3.05, 3.63) is 23.9 Å². The molecule has 5 nitrogen and oxygen atoms in total. The zero-order valence-electron chi connectivity index (χ0n) is 9.64. The molecule has 1 unspecified atom stereocenters. The lowest BCUT2D eigenvalue weighted by molar-refractivity contribution is 0.676. The van der Waals surface area contributed by atoms with Crippen molar-refractivity contribution in [2.75, 3.05) is 11.9 Å². The molecule has 0 aliphatic heterocycles. The fourth-order valence-electron chi connectivity index (χ4n) is 1.42. The molecule has 86 valence electrons. The Morgan fingerprint density at radius 2 is 2.38 bits per heavy atom. The summed E-state index contributed by atoms with van der Waals surface area (Å²) in [6.45, 7) is 4.80. The summed E-state index contributed by atoms with van der Waals surface area (Å²) in [4.78, 5) is 4.36. The average Bonchev–Trinajstić information content (AvgIpc) is 2.67. The molecule has 2 rings (SSSR count). The van der Waals surface area contributed by atoms with Crippen LogP contribution in [0, 0.1) is 6.92 Å². The van der Waals surface area contributed by atoms with E-state index >= 15 is 0 Å². The third-order valence-corrected chi connectivity index (χ3v) is 2.54. The number of pyridine rings is 1. The Hall–Kier alpha value is -1.62. The van der Waals surface area contributed by atoms with Gasteiger partial charge in [-0.1, -0.05) is 6.92 Å². The molecular weight excluding hydrogens is 202 g/mol. The monoisotopic (exact) mass is 219 g/mol. The number of hydrogen-bond acceptors (Lipinski definition) is 4. The molecule has 3 N–H and O–H groups in total. The standard InChI is InChI=1S/C11H17N5/c1-3-9(12)7-13-11-14-10-6-8(2)4-5-16(10)15-11/h4-6,9H,3,7,12H2,1-2H3,(H,13,15). The summed E-state index contributed by atoms with van der Waals surface area (Å²) >= 11 is 0. The van der Waals surface area contributed by atoms with Crippen LogP contribution in [-0.2, 0) is 0 Å². The van der Waals surface area contributed by atoms with Crippen LogP contribution in [0.4, 0.5) is 5.95 Å². The van der Waals surface area contributed by atoms with Gasteiger partial charge in [-0.3, -0.25) is 0 Å². The van der Waals surface area contributed by atoms with E-state index in [2.05, 4.69) is 22.3 Å². The van der Waals surface area contributed by atoms with Gasteiger partial charge >= 0.3 is 0 Å². The van der Waals surface area contributed by atoms with E-state index in [1.807, 2.05) is 25.3 Å². The highest BCUT2D eigenvalue weighted by molar-refractivity contribution is 5.45. The fourth-order valence-corrected chi connectivity index (χ4v) is 1.42. The van der Waals surface area contributed by atoms with Crippen LogP contribution >= 0.6 is 0 Å². The lowest BCUT2D eigenvalue weighted by Gasteiger charge is -2.07. The Bertz CT molecular complexity index is 476. The van der Waals surface area contributed by atoms with Gasteiger partial charge in [-0.2, -0.15) is 4.98 Å². The second kappa shape index (κ2) is 4.49. The van der Waals surface area contributed by atoms with E-state index in [4.69, 9.17) is 5.73 Å². The molecule has 2 heterocycles. The van der Waals surface area contributed by atoms with Crippen LogP contribution in [-0.4, -0.2) is 27.2 Å². The van der Waals surface area contributed by atoms with Crippen LogP contribution in [0.25, 0.3) is 5.65 Å². The smallest absolute Gasteiger partial charge is 0.243 e.